The molecule has 0 aromatic heterocycles. The van der Waals surface area contributed by atoms with E-state index >= 15 is 0 Å². The minimum Gasteiger partial charge on any atom is -0.465 e. The second-order valence-corrected chi connectivity index (χ2v) is 10.5. The number of esters is 1. The van der Waals surface area contributed by atoms with Crippen molar-refractivity contribution in [3.63, 3.8) is 0 Å². The molecule has 9 nitrogen and oxygen atoms in total. The van der Waals surface area contributed by atoms with Crippen molar-refractivity contribution in [2.45, 2.75) is 19.8 Å². The first-order valence-electron chi connectivity index (χ1n) is 11.3. The van der Waals surface area contributed by atoms with Gasteiger partial charge >= 0.3 is 5.97 Å². The fourth-order valence-corrected chi connectivity index (χ4v) is 4.80. The maximum Gasteiger partial charge on any atom is 0.337 e. The van der Waals surface area contributed by atoms with Gasteiger partial charge in [0.25, 0.3) is 5.91 Å². The van der Waals surface area contributed by atoms with Crippen molar-refractivity contribution in [1.82, 2.24) is 4.90 Å². The average molecular weight is 501 g/mol. The van der Waals surface area contributed by atoms with Crippen molar-refractivity contribution in [3.8, 4) is 0 Å². The number of carbonyl (C=O) groups is 2. The summed E-state index contributed by atoms with van der Waals surface area (Å²) in [7, 11) is 1.66. The number of carbonyl (C=O) groups excluding carboxylic acids is 2. The molecule has 0 saturated carbocycles. The minimum atomic E-state index is -3.43. The number of anilines is 3. The molecular weight excluding hydrogens is 468 g/mol. The molecule has 1 heterocycles. The molecular formula is C25H32N4O5S. The van der Waals surface area contributed by atoms with Crippen molar-refractivity contribution in [3.05, 3.63) is 59.3 Å². The van der Waals surface area contributed by atoms with Crippen LogP contribution in [0.3, 0.4) is 0 Å². The molecule has 0 spiro atoms. The maximum absolute atomic E-state index is 12.9. The Bertz CT molecular complexity index is 1240. The summed E-state index contributed by atoms with van der Waals surface area (Å²) in [5, 5.41) is 6.18. The van der Waals surface area contributed by atoms with Crippen LogP contribution in [0.1, 0.15) is 35.7 Å². The van der Waals surface area contributed by atoms with E-state index < -0.39 is 16.0 Å². The Labute approximate surface area is 206 Å². The number of fused-ring (bicyclic) bond motifs is 1. The minimum absolute atomic E-state index is 0.249. The highest BCUT2D eigenvalue weighted by Crippen LogP contribution is 2.36. The molecule has 2 aromatic carbocycles. The number of nitrogens with zero attached hydrogens (tertiary/aromatic N) is 2. The highest BCUT2D eigenvalue weighted by Gasteiger charge is 2.28. The van der Waals surface area contributed by atoms with Crippen molar-refractivity contribution in [1.29, 1.82) is 0 Å². The summed E-state index contributed by atoms with van der Waals surface area (Å²) >= 11 is 0. The Morgan fingerprint density at radius 1 is 1.09 bits per heavy atom. The molecule has 10 heteroatoms. The highest BCUT2D eigenvalue weighted by molar-refractivity contribution is 7.92. The van der Waals surface area contributed by atoms with E-state index in [0.29, 0.717) is 47.6 Å². The molecule has 3 rings (SSSR count). The van der Waals surface area contributed by atoms with Gasteiger partial charge in [-0.15, -0.1) is 0 Å². The molecule has 35 heavy (non-hydrogen) atoms. The first kappa shape index (κ1) is 26.2. The molecule has 0 unspecified atom stereocenters. The van der Waals surface area contributed by atoms with Gasteiger partial charge in [0.05, 0.1) is 35.9 Å². The number of nitrogens with one attached hydrogen (secondary N) is 2. The SMILES string of the molecule is CCCC(Nc1ccc(N(CCN(C)C)S(C)(=O)=O)cc1)=C1C(=O)Nc2cc(C(=O)OC)ccc21. The molecule has 0 saturated heterocycles. The van der Waals surface area contributed by atoms with Gasteiger partial charge in [-0.2, -0.15) is 0 Å². The van der Waals surface area contributed by atoms with Gasteiger partial charge in [0.1, 0.15) is 0 Å². The number of methoxy groups -OCH3 is 1. The molecule has 188 valence electrons. The van der Waals surface area contributed by atoms with Gasteiger partial charge in [0, 0.05) is 30.0 Å². The lowest BCUT2D eigenvalue weighted by molar-refractivity contribution is -0.110. The third-order valence-electron chi connectivity index (χ3n) is 5.59. The summed E-state index contributed by atoms with van der Waals surface area (Å²) in [5.41, 5.74) is 4.20. The number of amides is 1. The van der Waals surface area contributed by atoms with Crippen LogP contribution in [-0.2, 0) is 19.6 Å². The zero-order valence-corrected chi connectivity index (χ0v) is 21.5. The third-order valence-corrected chi connectivity index (χ3v) is 6.78. The zero-order valence-electron chi connectivity index (χ0n) is 20.7. The van der Waals surface area contributed by atoms with Crippen LogP contribution in [0.5, 0.6) is 0 Å². The maximum atomic E-state index is 12.9. The lowest BCUT2D eigenvalue weighted by Crippen LogP contribution is -2.35. The molecule has 0 atom stereocenters. The second kappa shape index (κ2) is 10.9. The topological polar surface area (TPSA) is 108 Å². The Hall–Kier alpha value is -3.37. The van der Waals surface area contributed by atoms with Crippen LogP contribution in [-0.4, -0.2) is 65.7 Å². The summed E-state index contributed by atoms with van der Waals surface area (Å²) in [4.78, 5) is 26.7. The molecule has 1 amide bonds. The number of allylic oxidation sites excluding steroid dienone is 1. The van der Waals surface area contributed by atoms with Gasteiger partial charge in [-0.3, -0.25) is 9.10 Å². The summed E-state index contributed by atoms with van der Waals surface area (Å²) in [6.45, 7) is 2.95. The van der Waals surface area contributed by atoms with Crippen LogP contribution in [0.4, 0.5) is 17.1 Å². The average Bonchev–Trinajstić information content (AvgIpc) is 3.13. The molecule has 0 fully saturated rings. The fraction of sp³-hybridized carbons (Fsp3) is 0.360. The monoisotopic (exact) mass is 500 g/mol. The first-order valence-corrected chi connectivity index (χ1v) is 13.2. The van der Waals surface area contributed by atoms with E-state index in [2.05, 4.69) is 10.6 Å². The van der Waals surface area contributed by atoms with E-state index in [4.69, 9.17) is 4.74 Å². The Balaban J connectivity index is 1.92. The lowest BCUT2D eigenvalue weighted by Gasteiger charge is -2.24. The predicted octanol–water partition coefficient (Wildman–Crippen LogP) is 3.38. The van der Waals surface area contributed by atoms with Crippen LogP contribution in [0, 0.1) is 0 Å². The molecule has 2 aromatic rings. The number of hydrogen-bond donors (Lipinski definition) is 2. The number of benzene rings is 2. The predicted molar refractivity (Wildman–Crippen MR) is 139 cm³/mol. The van der Waals surface area contributed by atoms with E-state index in [0.717, 1.165) is 17.8 Å². The fourth-order valence-electron chi connectivity index (χ4n) is 3.88. The second-order valence-electron chi connectivity index (χ2n) is 8.62. The molecule has 0 aliphatic carbocycles. The van der Waals surface area contributed by atoms with Crippen LogP contribution < -0.4 is 14.9 Å². The molecule has 1 aliphatic heterocycles. The van der Waals surface area contributed by atoms with Gasteiger partial charge in [-0.05, 0) is 56.9 Å². The first-order chi connectivity index (χ1) is 16.5. The quantitative estimate of drug-likeness (QED) is 0.380. The standard InChI is InChI=1S/C25H32N4O5S/c1-6-7-21(23-20-13-8-17(25(31)34-4)16-22(20)27-24(23)30)26-18-9-11-19(12-10-18)29(35(5,32)33)15-14-28(2)3/h8-13,16,26H,6-7,14-15H2,1-5H3,(H,27,30). The van der Waals surface area contributed by atoms with Crippen molar-refractivity contribution in [2.75, 3.05) is 55.5 Å². The van der Waals surface area contributed by atoms with E-state index in [1.807, 2.05) is 25.9 Å². The highest BCUT2D eigenvalue weighted by atomic mass is 32.2. The number of likely N-dealkylation sites (N-methyl/N-ethyl adjacent to an activating group) is 1. The normalized spacial score (nSPS) is 14.4. The number of sulfonamides is 1. The van der Waals surface area contributed by atoms with Gasteiger partial charge in [-0.1, -0.05) is 19.4 Å². The zero-order chi connectivity index (χ0) is 25.8. The van der Waals surface area contributed by atoms with E-state index in [1.165, 1.54) is 17.7 Å². The van der Waals surface area contributed by atoms with Gasteiger partial charge in [-0.25, -0.2) is 13.2 Å². The van der Waals surface area contributed by atoms with Crippen LogP contribution in [0.25, 0.3) is 5.57 Å². The lowest BCUT2D eigenvalue weighted by atomic mass is 10.0. The Kier molecular flexibility index (Phi) is 8.18. The number of ether oxygens (including phenoxy) is 1. The molecule has 0 bridgehead atoms. The molecule has 1 aliphatic rings. The molecule has 2 N–H and O–H groups in total. The van der Waals surface area contributed by atoms with Gasteiger partial charge in [0.15, 0.2) is 0 Å². The largest absolute Gasteiger partial charge is 0.465 e. The van der Waals surface area contributed by atoms with E-state index in [-0.39, 0.29) is 5.91 Å². The summed E-state index contributed by atoms with van der Waals surface area (Å²) in [6, 6.07) is 12.1. The van der Waals surface area contributed by atoms with Gasteiger partial charge < -0.3 is 20.3 Å². The van der Waals surface area contributed by atoms with Crippen LogP contribution in [0.2, 0.25) is 0 Å². The van der Waals surface area contributed by atoms with Crippen LogP contribution in [0.15, 0.2) is 48.2 Å². The Morgan fingerprint density at radius 3 is 2.34 bits per heavy atom. The third kappa shape index (κ3) is 6.20. The van der Waals surface area contributed by atoms with E-state index in [9.17, 15) is 18.0 Å². The number of hydrogen-bond acceptors (Lipinski definition) is 7. The Morgan fingerprint density at radius 2 is 1.77 bits per heavy atom. The smallest absolute Gasteiger partial charge is 0.337 e. The summed E-state index contributed by atoms with van der Waals surface area (Å²) in [6.07, 6.45) is 2.63. The van der Waals surface area contributed by atoms with Crippen molar-refractivity contribution < 1.29 is 22.7 Å². The number of rotatable bonds is 10. The van der Waals surface area contributed by atoms with E-state index in [1.54, 1.807) is 42.5 Å². The molecule has 0 radical (unpaired) electrons. The summed E-state index contributed by atoms with van der Waals surface area (Å²) in [5.74, 6) is -0.721. The van der Waals surface area contributed by atoms with Crippen molar-refractivity contribution in [2.24, 2.45) is 0 Å². The van der Waals surface area contributed by atoms with Crippen molar-refractivity contribution >= 4 is 44.5 Å². The van der Waals surface area contributed by atoms with Crippen LogP contribution >= 0.6 is 0 Å². The summed E-state index contributed by atoms with van der Waals surface area (Å²) < 4.78 is 30.8. The van der Waals surface area contributed by atoms with Gasteiger partial charge in [0.2, 0.25) is 10.0 Å².